The molecule has 0 amide bonds. The predicted octanol–water partition coefficient (Wildman–Crippen LogP) is -0.556. The summed E-state index contributed by atoms with van der Waals surface area (Å²) in [5.74, 6) is -0.257. The van der Waals surface area contributed by atoms with E-state index >= 15 is 8.78 Å². The monoisotopic (exact) mass is 692 g/mol. The average molecular weight is 693 g/mol. The molecule has 0 aliphatic carbocycles. The quantitative estimate of drug-likeness (QED) is 0.0710. The van der Waals surface area contributed by atoms with Gasteiger partial charge in [0, 0.05) is 6.54 Å². The number of aromatic nitrogens is 8. The molecule has 4 aromatic heterocycles. The van der Waals surface area contributed by atoms with Gasteiger partial charge < -0.3 is 19.9 Å². The highest BCUT2D eigenvalue weighted by Crippen LogP contribution is 2.57. The maximum atomic E-state index is 15.8. The molecule has 24 heteroatoms. The number of nitrogens with two attached hydrogens (primary N) is 1. The number of ether oxygens (including phenoxy) is 3. The molecule has 2 fully saturated rings. The molecular formula is C21H23F2N10O9PS2. The van der Waals surface area contributed by atoms with Crippen LogP contribution in [0.15, 0.2) is 30.0 Å². The summed E-state index contributed by atoms with van der Waals surface area (Å²) in [5, 5.41) is 0. The van der Waals surface area contributed by atoms with Gasteiger partial charge in [0.05, 0.1) is 37.3 Å². The Balaban J connectivity index is 1.18. The largest absolute Gasteiger partial charge is 0.456 e. The van der Waals surface area contributed by atoms with Crippen LogP contribution in [-0.4, -0.2) is 99.6 Å². The van der Waals surface area contributed by atoms with E-state index in [1.54, 1.807) is 0 Å². The number of halogens is 2. The summed E-state index contributed by atoms with van der Waals surface area (Å²) in [4.78, 5) is 45.6. The topological polar surface area (TPSA) is 243 Å². The number of H-pyrrole nitrogens is 1. The number of nitrogen functional groups attached to an aromatic ring is 1. The first-order valence-corrected chi connectivity index (χ1v) is 16.4. The summed E-state index contributed by atoms with van der Waals surface area (Å²) in [7, 11) is 0. The van der Waals surface area contributed by atoms with Crippen LogP contribution in [0.4, 0.5) is 14.7 Å². The molecule has 0 spiro atoms. The van der Waals surface area contributed by atoms with Crippen LogP contribution < -0.4 is 16.0 Å². The second-order valence-corrected chi connectivity index (χ2v) is 13.0. The van der Waals surface area contributed by atoms with Crippen LogP contribution in [0.3, 0.4) is 0 Å². The van der Waals surface area contributed by atoms with Gasteiger partial charge in [0.2, 0.25) is 5.95 Å². The summed E-state index contributed by atoms with van der Waals surface area (Å²) in [6.07, 6.45) is -7.58. The molecule has 0 saturated carbocycles. The van der Waals surface area contributed by atoms with Gasteiger partial charge in [-0.05, 0) is 0 Å². The van der Waals surface area contributed by atoms with Crippen molar-refractivity contribution >= 4 is 65.6 Å². The molecule has 4 N–H and O–H groups in total. The summed E-state index contributed by atoms with van der Waals surface area (Å²) >= 11 is 3.45. The van der Waals surface area contributed by atoms with E-state index in [1.807, 2.05) is 0 Å². The zero-order valence-electron chi connectivity index (χ0n) is 22.4. The summed E-state index contributed by atoms with van der Waals surface area (Å²) in [6.45, 7) is -5.45. The Morgan fingerprint density at radius 2 is 1.89 bits per heavy atom. The van der Waals surface area contributed by atoms with Crippen molar-refractivity contribution in [1.82, 2.24) is 43.8 Å². The molecular weight excluding hydrogens is 669 g/mol. The lowest BCUT2D eigenvalue weighted by molar-refractivity contribution is -0.141. The number of anilines is 1. The maximum absolute atomic E-state index is 15.8. The van der Waals surface area contributed by atoms with E-state index in [2.05, 4.69) is 46.9 Å². The third-order valence-electron chi connectivity index (χ3n) is 7.00. The Morgan fingerprint density at radius 1 is 1.13 bits per heavy atom. The fraction of sp³-hybridized carbons (Fsp3) is 0.476. The SMILES string of the molecule is Nc1nc2c(ncn2[C@@H]2O[C@H](COP(=O)(S)O[C@H]3[C@@H](F)[C@H](n4cnc5cncnc54)O[C@@H]3CN[SH]=O)[C@@H](F)[C@H]2OC=O)c(=O)[nH]1. The summed E-state index contributed by atoms with van der Waals surface area (Å²) in [6, 6.07) is 0. The third-order valence-corrected chi connectivity index (χ3v) is 8.92. The minimum Gasteiger partial charge on any atom is -0.456 e. The van der Waals surface area contributed by atoms with Crippen molar-refractivity contribution in [2.75, 3.05) is 18.9 Å². The van der Waals surface area contributed by atoms with E-state index in [-0.39, 0.29) is 35.8 Å². The van der Waals surface area contributed by atoms with E-state index < -0.39 is 80.0 Å². The number of hydrogen-bond acceptors (Lipinski definition) is 15. The second kappa shape index (κ2) is 12.7. The first kappa shape index (κ1) is 31.5. The van der Waals surface area contributed by atoms with Crippen LogP contribution in [0.1, 0.15) is 12.5 Å². The van der Waals surface area contributed by atoms with Gasteiger partial charge in [0.1, 0.15) is 30.2 Å². The molecule has 2 saturated heterocycles. The van der Waals surface area contributed by atoms with Crippen LogP contribution >= 0.6 is 19.0 Å². The minimum absolute atomic E-state index is 0.0000884. The number of imidazole rings is 2. The van der Waals surface area contributed by atoms with Gasteiger partial charge in [-0.25, -0.2) is 42.2 Å². The second-order valence-electron chi connectivity index (χ2n) is 9.66. The van der Waals surface area contributed by atoms with Gasteiger partial charge in [-0.15, -0.1) is 0 Å². The summed E-state index contributed by atoms with van der Waals surface area (Å²) in [5.41, 5.74) is 5.33. The van der Waals surface area contributed by atoms with Gasteiger partial charge in [-0.1, -0.05) is 12.2 Å². The molecule has 45 heavy (non-hydrogen) atoms. The fourth-order valence-electron chi connectivity index (χ4n) is 5.05. The Morgan fingerprint density at radius 3 is 2.67 bits per heavy atom. The first-order chi connectivity index (χ1) is 21.6. The van der Waals surface area contributed by atoms with Gasteiger partial charge in [0.15, 0.2) is 47.7 Å². The standard InChI is InChI=1S/C21H23F2N10O9PS2/c22-11-10(41-20(15(11)38-7-34)33-6-28-13-17(33)30-21(24)31-18(13)35)3-39-43(36,44)42-14-9(2-29-45-37)40-19(12(14)23)32-5-27-8-1-25-4-26-16(8)32/h1,4-7,9-12,14-15,19-20,45H,2-3H2,(H,29,37)(H,36,44)(H3,24,30,31,35)/t9-,10-,11-,12-,14-,15-,19-,20-,43?/m1/s1. The molecule has 0 radical (unpaired) electrons. The Labute approximate surface area is 258 Å². The van der Waals surface area contributed by atoms with E-state index in [9.17, 15) is 18.4 Å². The van der Waals surface area contributed by atoms with Crippen LogP contribution in [0.5, 0.6) is 0 Å². The number of fused-ring (bicyclic) bond motifs is 2. The molecule has 6 heterocycles. The molecule has 19 nitrogen and oxygen atoms in total. The lowest BCUT2D eigenvalue weighted by Crippen LogP contribution is -2.37. The number of carbonyl (C=O) groups excluding carboxylic acids is 1. The Hall–Kier alpha value is -3.44. The number of nitrogens with one attached hydrogen (secondary N) is 2. The molecule has 6 rings (SSSR count). The van der Waals surface area contributed by atoms with Gasteiger partial charge in [0.25, 0.3) is 12.0 Å². The van der Waals surface area contributed by atoms with Crippen molar-refractivity contribution < 1.29 is 45.6 Å². The molecule has 1 unspecified atom stereocenters. The summed E-state index contributed by atoms with van der Waals surface area (Å²) < 4.78 is 87.7. The number of aromatic amines is 1. The lowest BCUT2D eigenvalue weighted by atomic mass is 10.1. The van der Waals surface area contributed by atoms with Crippen molar-refractivity contribution in [3.05, 3.63) is 35.5 Å². The van der Waals surface area contributed by atoms with E-state index in [0.717, 1.165) is 10.9 Å². The van der Waals surface area contributed by atoms with Crippen molar-refractivity contribution in [2.24, 2.45) is 0 Å². The van der Waals surface area contributed by atoms with Crippen LogP contribution in [0, 0.1) is 0 Å². The Bertz CT molecular complexity index is 1830. The van der Waals surface area contributed by atoms with Crippen molar-refractivity contribution in [3.8, 4) is 0 Å². The molecule has 0 bridgehead atoms. The van der Waals surface area contributed by atoms with Gasteiger partial charge >= 0.3 is 6.80 Å². The molecule has 2 aliphatic rings. The first-order valence-electron chi connectivity index (χ1n) is 12.9. The highest BCUT2D eigenvalue weighted by molar-refractivity contribution is 8.44. The smallest absolute Gasteiger partial charge is 0.386 e. The van der Waals surface area contributed by atoms with Gasteiger partial charge in [-0.3, -0.25) is 32.8 Å². The zero-order valence-corrected chi connectivity index (χ0v) is 25.1. The number of nitrogens with zero attached hydrogens (tertiary/aromatic N) is 7. The molecule has 2 aliphatic heterocycles. The normalized spacial score (nSPS) is 29.8. The zero-order chi connectivity index (χ0) is 31.9. The highest BCUT2D eigenvalue weighted by atomic mass is 32.7. The highest BCUT2D eigenvalue weighted by Gasteiger charge is 2.52. The van der Waals surface area contributed by atoms with E-state index in [4.69, 9.17) is 29.0 Å². The molecule has 9 atom stereocenters. The van der Waals surface area contributed by atoms with Crippen molar-refractivity contribution in [3.63, 3.8) is 0 Å². The Kier molecular flexibility index (Phi) is 8.94. The van der Waals surface area contributed by atoms with Crippen molar-refractivity contribution in [2.45, 2.75) is 49.2 Å². The van der Waals surface area contributed by atoms with E-state index in [1.165, 1.54) is 23.4 Å². The van der Waals surface area contributed by atoms with Crippen LogP contribution in [0.25, 0.3) is 22.3 Å². The number of carbonyl (C=O) groups is 1. The van der Waals surface area contributed by atoms with Crippen LogP contribution in [0.2, 0.25) is 0 Å². The average Bonchev–Trinajstić information content (AvgIpc) is 3.76. The maximum Gasteiger partial charge on any atom is 0.386 e. The molecule has 4 aromatic rings. The number of hydrogen-bond donors (Lipinski definition) is 5. The number of thiol groups is 2. The van der Waals surface area contributed by atoms with Gasteiger partial charge in [-0.2, -0.15) is 4.98 Å². The van der Waals surface area contributed by atoms with Crippen LogP contribution in [-0.2, 0) is 44.5 Å². The predicted molar refractivity (Wildman–Crippen MR) is 151 cm³/mol. The number of alkyl halides is 2. The van der Waals surface area contributed by atoms with E-state index in [0.29, 0.717) is 5.52 Å². The number of rotatable bonds is 12. The van der Waals surface area contributed by atoms with Crippen molar-refractivity contribution in [1.29, 1.82) is 0 Å². The molecule has 242 valence electrons. The molecule has 0 aromatic carbocycles. The lowest BCUT2D eigenvalue weighted by Gasteiger charge is -2.23. The third kappa shape index (κ3) is 6.08. The fourth-order valence-corrected chi connectivity index (χ4v) is 6.79. The minimum atomic E-state index is -4.48.